The number of hydrogen-bond acceptors (Lipinski definition) is 6. The van der Waals surface area contributed by atoms with Gasteiger partial charge in [0.1, 0.15) is 5.00 Å². The second-order valence-electron chi connectivity index (χ2n) is 5.50. The summed E-state index contributed by atoms with van der Waals surface area (Å²) in [6.45, 7) is 5.75. The Labute approximate surface area is 156 Å². The van der Waals surface area contributed by atoms with Gasteiger partial charge in [0.2, 0.25) is 0 Å². The molecule has 1 amide bonds. The molecule has 2 aromatic rings. The Morgan fingerprint density at radius 1 is 1.23 bits per heavy atom. The lowest BCUT2D eigenvalue weighted by Gasteiger charge is -2.05. The van der Waals surface area contributed by atoms with Gasteiger partial charge < -0.3 is 14.9 Å². The molecule has 26 heavy (non-hydrogen) atoms. The zero-order chi connectivity index (χ0) is 18.9. The van der Waals surface area contributed by atoms with Gasteiger partial charge >= 0.3 is 5.97 Å². The minimum absolute atomic E-state index is 0.246. The van der Waals surface area contributed by atoms with E-state index in [0.717, 1.165) is 22.4 Å². The summed E-state index contributed by atoms with van der Waals surface area (Å²) in [6.07, 6.45) is 2.31. The van der Waals surface area contributed by atoms with E-state index < -0.39 is 5.97 Å². The third kappa shape index (κ3) is 5.70. The standard InChI is InChI=1S/C19H22N2O4S/c1-4-15-10-16(19(23)24-5-2)18(26-15)21-17(22)12-25-20-11-14-8-6-13(3)7-9-14/h6-11H,4-5,12H2,1-3H3,(H,21,22)/b20-11-. The number of amides is 1. The van der Waals surface area contributed by atoms with E-state index in [-0.39, 0.29) is 19.1 Å². The van der Waals surface area contributed by atoms with Gasteiger partial charge in [0, 0.05) is 4.88 Å². The second kappa shape index (κ2) is 9.72. The number of aryl methyl sites for hydroxylation is 2. The van der Waals surface area contributed by atoms with Crippen LogP contribution in [-0.2, 0) is 20.8 Å². The lowest BCUT2D eigenvalue weighted by Crippen LogP contribution is -2.18. The maximum absolute atomic E-state index is 12.0. The zero-order valence-corrected chi connectivity index (χ0v) is 15.9. The van der Waals surface area contributed by atoms with Crippen molar-refractivity contribution in [3.63, 3.8) is 0 Å². The van der Waals surface area contributed by atoms with Crippen LogP contribution in [0.25, 0.3) is 0 Å². The van der Waals surface area contributed by atoms with Crippen LogP contribution in [0.2, 0.25) is 0 Å². The molecule has 1 aromatic heterocycles. The van der Waals surface area contributed by atoms with Gasteiger partial charge in [-0.05, 0) is 31.9 Å². The van der Waals surface area contributed by atoms with Gasteiger partial charge in [0.25, 0.3) is 5.91 Å². The highest BCUT2D eigenvalue weighted by molar-refractivity contribution is 7.16. The van der Waals surface area contributed by atoms with Crippen LogP contribution in [0.15, 0.2) is 35.5 Å². The molecule has 0 bridgehead atoms. The van der Waals surface area contributed by atoms with Crippen molar-refractivity contribution in [1.82, 2.24) is 0 Å². The number of carbonyl (C=O) groups is 2. The van der Waals surface area contributed by atoms with Crippen LogP contribution in [0.1, 0.15) is 40.2 Å². The Kier molecular flexibility index (Phi) is 7.35. The van der Waals surface area contributed by atoms with E-state index >= 15 is 0 Å². The van der Waals surface area contributed by atoms with E-state index in [1.807, 2.05) is 38.1 Å². The number of carbonyl (C=O) groups excluding carboxylic acids is 2. The van der Waals surface area contributed by atoms with Gasteiger partial charge in [0.15, 0.2) is 6.61 Å². The lowest BCUT2D eigenvalue weighted by atomic mass is 10.2. The molecule has 0 radical (unpaired) electrons. The van der Waals surface area contributed by atoms with Crippen molar-refractivity contribution in [2.75, 3.05) is 18.5 Å². The number of oxime groups is 1. The van der Waals surface area contributed by atoms with Crippen molar-refractivity contribution in [2.24, 2.45) is 5.16 Å². The lowest BCUT2D eigenvalue weighted by molar-refractivity contribution is -0.120. The summed E-state index contributed by atoms with van der Waals surface area (Å²) in [5.41, 5.74) is 2.40. The second-order valence-corrected chi connectivity index (χ2v) is 6.63. The molecule has 7 heteroatoms. The molecule has 0 spiro atoms. The fraction of sp³-hybridized carbons (Fsp3) is 0.316. The first kappa shape index (κ1) is 19.7. The monoisotopic (exact) mass is 374 g/mol. The third-order valence-electron chi connectivity index (χ3n) is 3.43. The topological polar surface area (TPSA) is 77.0 Å². The first-order valence-electron chi connectivity index (χ1n) is 8.35. The van der Waals surface area contributed by atoms with E-state index in [1.165, 1.54) is 17.6 Å². The third-order valence-corrected chi connectivity index (χ3v) is 4.62. The summed E-state index contributed by atoms with van der Waals surface area (Å²) in [7, 11) is 0. The first-order valence-corrected chi connectivity index (χ1v) is 9.16. The summed E-state index contributed by atoms with van der Waals surface area (Å²) >= 11 is 1.35. The molecule has 1 N–H and O–H groups in total. The fourth-order valence-corrected chi connectivity index (χ4v) is 3.08. The molecule has 0 aliphatic heterocycles. The first-order chi connectivity index (χ1) is 12.5. The van der Waals surface area contributed by atoms with E-state index in [0.29, 0.717) is 10.6 Å². The average Bonchev–Trinajstić information content (AvgIpc) is 3.03. The number of anilines is 1. The molecule has 1 aromatic carbocycles. The van der Waals surface area contributed by atoms with Crippen molar-refractivity contribution >= 4 is 34.4 Å². The van der Waals surface area contributed by atoms with Gasteiger partial charge in [-0.25, -0.2) is 4.79 Å². The van der Waals surface area contributed by atoms with Crippen LogP contribution in [0.3, 0.4) is 0 Å². The van der Waals surface area contributed by atoms with Gasteiger partial charge in [-0.2, -0.15) is 0 Å². The quantitative estimate of drug-likeness (QED) is 0.433. The van der Waals surface area contributed by atoms with Crippen LogP contribution in [-0.4, -0.2) is 31.3 Å². The highest BCUT2D eigenvalue weighted by atomic mass is 32.1. The van der Waals surface area contributed by atoms with Crippen LogP contribution in [0.4, 0.5) is 5.00 Å². The number of rotatable bonds is 8. The number of benzene rings is 1. The largest absolute Gasteiger partial charge is 0.462 e. The summed E-state index contributed by atoms with van der Waals surface area (Å²) in [4.78, 5) is 30.1. The number of thiophene rings is 1. The SMILES string of the molecule is CCOC(=O)c1cc(CC)sc1NC(=O)CO/N=C\c1ccc(C)cc1. The van der Waals surface area contributed by atoms with Gasteiger partial charge in [-0.1, -0.05) is 41.9 Å². The fourth-order valence-electron chi connectivity index (χ4n) is 2.08. The Morgan fingerprint density at radius 2 is 1.96 bits per heavy atom. The minimum atomic E-state index is -0.447. The minimum Gasteiger partial charge on any atom is -0.462 e. The maximum Gasteiger partial charge on any atom is 0.341 e. The molecule has 2 rings (SSSR count). The number of ether oxygens (including phenoxy) is 1. The molecular weight excluding hydrogens is 352 g/mol. The molecular formula is C19H22N2O4S. The molecule has 1 heterocycles. The molecule has 0 saturated carbocycles. The molecule has 6 nitrogen and oxygen atoms in total. The van der Waals surface area contributed by atoms with Crippen molar-refractivity contribution in [1.29, 1.82) is 0 Å². The van der Waals surface area contributed by atoms with Crippen LogP contribution in [0.5, 0.6) is 0 Å². The molecule has 0 fully saturated rings. The van der Waals surface area contributed by atoms with E-state index in [1.54, 1.807) is 13.0 Å². The van der Waals surface area contributed by atoms with Gasteiger partial charge in [0.05, 0.1) is 18.4 Å². The average molecular weight is 374 g/mol. The summed E-state index contributed by atoms with van der Waals surface area (Å²) in [5.74, 6) is -0.835. The zero-order valence-electron chi connectivity index (χ0n) is 15.1. The number of nitrogens with zero attached hydrogens (tertiary/aromatic N) is 1. The summed E-state index contributed by atoms with van der Waals surface area (Å²) in [6, 6.07) is 9.49. The summed E-state index contributed by atoms with van der Waals surface area (Å²) in [5, 5.41) is 6.95. The molecule has 0 saturated heterocycles. The number of esters is 1. The highest BCUT2D eigenvalue weighted by Gasteiger charge is 2.18. The highest BCUT2D eigenvalue weighted by Crippen LogP contribution is 2.29. The van der Waals surface area contributed by atoms with Crippen LogP contribution < -0.4 is 5.32 Å². The van der Waals surface area contributed by atoms with Crippen molar-refractivity contribution in [2.45, 2.75) is 27.2 Å². The predicted molar refractivity (Wildman–Crippen MR) is 103 cm³/mol. The number of nitrogens with one attached hydrogen (secondary N) is 1. The predicted octanol–water partition coefficient (Wildman–Crippen LogP) is 3.78. The van der Waals surface area contributed by atoms with Gasteiger partial charge in [-0.3, -0.25) is 4.79 Å². The normalized spacial score (nSPS) is 10.7. The van der Waals surface area contributed by atoms with Gasteiger partial charge in [-0.15, -0.1) is 11.3 Å². The molecule has 0 atom stereocenters. The van der Waals surface area contributed by atoms with Crippen LogP contribution in [0, 0.1) is 6.92 Å². The summed E-state index contributed by atoms with van der Waals surface area (Å²) < 4.78 is 5.03. The van der Waals surface area contributed by atoms with Crippen molar-refractivity contribution < 1.29 is 19.2 Å². The van der Waals surface area contributed by atoms with E-state index in [4.69, 9.17) is 9.57 Å². The molecule has 0 unspecified atom stereocenters. The van der Waals surface area contributed by atoms with Crippen molar-refractivity contribution in [3.8, 4) is 0 Å². The maximum atomic E-state index is 12.0. The van der Waals surface area contributed by atoms with Crippen LogP contribution >= 0.6 is 11.3 Å². The Morgan fingerprint density at radius 3 is 2.62 bits per heavy atom. The Hall–Kier alpha value is -2.67. The number of hydrogen-bond donors (Lipinski definition) is 1. The molecule has 138 valence electrons. The van der Waals surface area contributed by atoms with E-state index in [2.05, 4.69) is 10.5 Å². The molecule has 0 aliphatic rings. The smallest absolute Gasteiger partial charge is 0.341 e. The van der Waals surface area contributed by atoms with Crippen molar-refractivity contribution in [3.05, 3.63) is 51.9 Å². The Bertz CT molecular complexity index is 781. The van der Waals surface area contributed by atoms with E-state index in [9.17, 15) is 9.59 Å². The molecule has 0 aliphatic carbocycles. The Balaban J connectivity index is 1.91.